The number of aliphatic carboxylic acids is 1. The summed E-state index contributed by atoms with van der Waals surface area (Å²) in [6.07, 6.45) is -7.28. The van der Waals surface area contributed by atoms with Crippen molar-refractivity contribution in [1.82, 2.24) is 0 Å². The molecule has 14 heteroatoms. The molecule has 0 bridgehead atoms. The third kappa shape index (κ3) is 6.13. The number of fused-ring (bicyclic) bond motifs is 7. The number of allylic oxidation sites excluding steroid dienone is 2. The summed E-state index contributed by atoms with van der Waals surface area (Å²) in [7, 11) is 0. The lowest BCUT2D eigenvalue weighted by Crippen LogP contribution is -2.68. The van der Waals surface area contributed by atoms with Crippen LogP contribution in [0.5, 0.6) is 0 Å². The van der Waals surface area contributed by atoms with Crippen LogP contribution < -0.4 is 0 Å². The number of ether oxygens (including phenoxy) is 4. The molecule has 0 aromatic rings. The summed E-state index contributed by atoms with van der Waals surface area (Å²) in [5.41, 5.74) is -1.32. The van der Waals surface area contributed by atoms with Gasteiger partial charge in [0.15, 0.2) is 18.4 Å². The topological polar surface area (TPSA) is 233 Å². The minimum absolute atomic E-state index is 0.0192. The average molecular weight is 795 g/mol. The van der Waals surface area contributed by atoms with Gasteiger partial charge in [0.1, 0.15) is 48.8 Å². The van der Waals surface area contributed by atoms with Crippen molar-refractivity contribution in [3.05, 3.63) is 11.6 Å². The first kappa shape index (κ1) is 42.6. The van der Waals surface area contributed by atoms with Crippen molar-refractivity contribution >= 4 is 11.8 Å². The lowest BCUT2D eigenvalue weighted by atomic mass is 9.33. The van der Waals surface area contributed by atoms with Crippen LogP contribution in [0.25, 0.3) is 0 Å². The summed E-state index contributed by atoms with van der Waals surface area (Å²) in [6.45, 7) is 13.9. The normalized spacial score (nSPS) is 54.2. The predicted octanol–water partition coefficient (Wildman–Crippen LogP) is 2.06. The van der Waals surface area contributed by atoms with E-state index in [1.807, 2.05) is 13.0 Å². The number of carboxylic acids is 1. The first-order chi connectivity index (χ1) is 26.0. The highest BCUT2D eigenvalue weighted by molar-refractivity contribution is 5.95. The average Bonchev–Trinajstić information content (AvgIpc) is 3.13. The van der Waals surface area contributed by atoms with Gasteiger partial charge in [0, 0.05) is 5.92 Å². The van der Waals surface area contributed by atoms with Crippen molar-refractivity contribution in [2.45, 2.75) is 174 Å². The number of carbonyl (C=O) groups is 2. The Hall–Kier alpha value is -1.56. The van der Waals surface area contributed by atoms with Gasteiger partial charge in [-0.1, -0.05) is 47.1 Å². The fourth-order valence-corrected chi connectivity index (χ4v) is 13.4. The Kier molecular flexibility index (Phi) is 10.9. The highest BCUT2D eigenvalue weighted by Gasteiger charge is 2.70. The Morgan fingerprint density at radius 3 is 1.98 bits per heavy atom. The van der Waals surface area contributed by atoms with Crippen molar-refractivity contribution < 1.29 is 69.4 Å². The molecule has 7 rings (SSSR count). The molecule has 7 aliphatic rings. The maximum Gasteiger partial charge on any atom is 0.309 e. The molecule has 0 amide bonds. The SMILES string of the molecule is CC1(C)C(O[C@@H]2O[C@H](CO)[C@H](O)[C@H](O)[C@H]2O[C@@H]2O[C@H](CO)[C@@H](O)[C@H](O)[C@H]2O)CC[C@]2(C)[C@H]3C(=O)C=C4[C@@H]5C[C@@](C)(C(=O)O)CC[C@]5(C)CC[C@@]4(C)[C@]3(C)CC[C@@H]12. The van der Waals surface area contributed by atoms with Crippen LogP contribution in [0.3, 0.4) is 0 Å². The largest absolute Gasteiger partial charge is 0.481 e. The van der Waals surface area contributed by atoms with Crippen molar-refractivity contribution in [1.29, 1.82) is 0 Å². The second kappa shape index (κ2) is 14.3. The fraction of sp³-hybridized carbons (Fsp3) is 0.905. The molecule has 0 spiro atoms. The van der Waals surface area contributed by atoms with Crippen molar-refractivity contribution in [3.63, 3.8) is 0 Å². The molecule has 56 heavy (non-hydrogen) atoms. The van der Waals surface area contributed by atoms with E-state index in [-0.39, 0.29) is 39.8 Å². The Balaban J connectivity index is 1.16. The standard InChI is InChI=1S/C42H66O14/c1-37(2)25-8-11-42(7)33(22(45)16-20-21-17-39(4,36(51)52)13-12-38(21,3)14-15-41(20,42)6)40(25,5)10-9-26(37)55-35-32(30(49)28(47)24(19-44)54-35)56-34-31(50)29(48)27(46)23(18-43)53-34/h16,21,23-35,43-44,46-50H,8-15,17-19H2,1-7H3,(H,51,52)/t21-,23+,24+,25-,26?,27+,28-,29-,30-,31+,32+,33+,34-,35-,38+,39-,40-,41+,42+/m0/s1. The summed E-state index contributed by atoms with van der Waals surface area (Å²) in [5.74, 6) is -0.873. The maximum absolute atomic E-state index is 14.8. The lowest BCUT2D eigenvalue weighted by Gasteiger charge is -2.70. The van der Waals surface area contributed by atoms with Gasteiger partial charge in [-0.15, -0.1) is 0 Å². The predicted molar refractivity (Wildman–Crippen MR) is 198 cm³/mol. The van der Waals surface area contributed by atoms with Crippen LogP contribution in [0, 0.1) is 50.2 Å². The van der Waals surface area contributed by atoms with Gasteiger partial charge in [-0.2, -0.15) is 0 Å². The van der Waals surface area contributed by atoms with Gasteiger partial charge in [0.2, 0.25) is 0 Å². The van der Waals surface area contributed by atoms with Crippen molar-refractivity contribution in [2.75, 3.05) is 13.2 Å². The number of aliphatic hydroxyl groups is 7. The summed E-state index contributed by atoms with van der Waals surface area (Å²) in [5, 5.41) is 83.6. The van der Waals surface area contributed by atoms with Crippen LogP contribution in [-0.2, 0) is 28.5 Å². The van der Waals surface area contributed by atoms with E-state index in [4.69, 9.17) is 18.9 Å². The van der Waals surface area contributed by atoms with E-state index in [9.17, 15) is 50.4 Å². The van der Waals surface area contributed by atoms with Gasteiger partial charge in [0.25, 0.3) is 0 Å². The highest BCUT2D eigenvalue weighted by Crippen LogP contribution is 2.75. The van der Waals surface area contributed by atoms with E-state index in [2.05, 4.69) is 41.5 Å². The number of carbonyl (C=O) groups excluding carboxylic acids is 1. The van der Waals surface area contributed by atoms with Crippen LogP contribution in [0.2, 0.25) is 0 Å². The smallest absolute Gasteiger partial charge is 0.309 e. The summed E-state index contributed by atoms with van der Waals surface area (Å²) in [4.78, 5) is 27.3. The molecule has 0 aromatic heterocycles. The molecule has 14 nitrogen and oxygen atoms in total. The van der Waals surface area contributed by atoms with Gasteiger partial charge < -0.3 is 59.8 Å². The molecule has 0 aromatic carbocycles. The van der Waals surface area contributed by atoms with E-state index in [1.165, 1.54) is 0 Å². The van der Waals surface area contributed by atoms with E-state index >= 15 is 0 Å². The summed E-state index contributed by atoms with van der Waals surface area (Å²) < 4.78 is 24.3. The summed E-state index contributed by atoms with van der Waals surface area (Å²) in [6, 6.07) is 0. The number of hydrogen-bond donors (Lipinski definition) is 8. The number of ketones is 1. The highest BCUT2D eigenvalue weighted by atomic mass is 16.8. The molecule has 1 unspecified atom stereocenters. The van der Waals surface area contributed by atoms with Gasteiger partial charge in [-0.05, 0) is 110 Å². The van der Waals surface area contributed by atoms with Crippen molar-refractivity contribution in [3.8, 4) is 0 Å². The molecular weight excluding hydrogens is 728 g/mol. The van der Waals surface area contributed by atoms with E-state index < -0.39 is 103 Å². The molecule has 2 aliphatic heterocycles. The molecule has 19 atom stereocenters. The van der Waals surface area contributed by atoms with Crippen LogP contribution in [-0.4, -0.2) is 133 Å². The minimum Gasteiger partial charge on any atom is -0.481 e. The van der Waals surface area contributed by atoms with E-state index in [0.717, 1.165) is 37.7 Å². The van der Waals surface area contributed by atoms with Gasteiger partial charge in [-0.25, -0.2) is 0 Å². The molecule has 6 fully saturated rings. The quantitative estimate of drug-likeness (QED) is 0.173. The monoisotopic (exact) mass is 794 g/mol. The molecular formula is C42H66O14. The lowest BCUT2D eigenvalue weighted by molar-refractivity contribution is -0.378. The van der Waals surface area contributed by atoms with Gasteiger partial charge >= 0.3 is 5.97 Å². The zero-order chi connectivity index (χ0) is 41.1. The molecule has 2 heterocycles. The first-order valence-corrected chi connectivity index (χ1v) is 20.8. The van der Waals surface area contributed by atoms with Crippen LogP contribution >= 0.6 is 0 Å². The third-order valence-electron chi connectivity index (χ3n) is 17.3. The third-order valence-corrected chi connectivity index (χ3v) is 17.3. The molecule has 8 N–H and O–H groups in total. The zero-order valence-electron chi connectivity index (χ0n) is 34.0. The Bertz CT molecular complexity index is 1570. The molecule has 4 saturated carbocycles. The second-order valence-electron chi connectivity index (χ2n) is 20.5. The summed E-state index contributed by atoms with van der Waals surface area (Å²) >= 11 is 0. The Morgan fingerprint density at radius 2 is 1.36 bits per heavy atom. The first-order valence-electron chi connectivity index (χ1n) is 20.8. The zero-order valence-corrected chi connectivity index (χ0v) is 34.0. The maximum atomic E-state index is 14.8. The van der Waals surface area contributed by atoms with Crippen LogP contribution in [0.4, 0.5) is 0 Å². The molecule has 5 aliphatic carbocycles. The number of carboxylic acid groups (broad SMARTS) is 1. The van der Waals surface area contributed by atoms with Crippen LogP contribution in [0.15, 0.2) is 11.6 Å². The number of hydrogen-bond acceptors (Lipinski definition) is 13. The molecule has 0 radical (unpaired) electrons. The Morgan fingerprint density at radius 1 is 0.750 bits per heavy atom. The van der Waals surface area contributed by atoms with Gasteiger partial charge in [-0.3, -0.25) is 9.59 Å². The van der Waals surface area contributed by atoms with Crippen molar-refractivity contribution in [2.24, 2.45) is 50.2 Å². The number of aliphatic hydroxyl groups excluding tert-OH is 7. The Labute approximate surface area is 329 Å². The van der Waals surface area contributed by atoms with Crippen LogP contribution in [0.1, 0.15) is 106 Å². The number of rotatable bonds is 7. The minimum atomic E-state index is -1.78. The van der Waals surface area contributed by atoms with E-state index in [0.29, 0.717) is 25.7 Å². The second-order valence-corrected chi connectivity index (χ2v) is 20.5. The fourth-order valence-electron chi connectivity index (χ4n) is 13.4. The van der Waals surface area contributed by atoms with Gasteiger partial charge in [0.05, 0.1) is 24.7 Å². The van der Waals surface area contributed by atoms with E-state index in [1.54, 1.807) is 0 Å². The molecule has 318 valence electrons. The molecule has 2 saturated heterocycles.